The molecule has 8 heteroatoms. The molecule has 31 heavy (non-hydrogen) atoms. The number of fused-ring (bicyclic) bond motifs is 1. The Labute approximate surface area is 178 Å². The lowest BCUT2D eigenvalue weighted by atomic mass is 9.97. The normalized spacial score (nSPS) is 13.4. The molecular formula is C23H21N5O3. The van der Waals surface area contributed by atoms with E-state index in [0.717, 1.165) is 35.3 Å². The molecule has 1 aliphatic heterocycles. The van der Waals surface area contributed by atoms with Gasteiger partial charge >= 0.3 is 5.63 Å². The number of aryl methyl sites for hydroxylation is 1. The number of nitrogens with zero attached hydrogens (tertiary/aromatic N) is 5. The van der Waals surface area contributed by atoms with Gasteiger partial charge in [0.1, 0.15) is 5.58 Å². The van der Waals surface area contributed by atoms with Gasteiger partial charge in [0.15, 0.2) is 5.82 Å². The van der Waals surface area contributed by atoms with Crippen molar-refractivity contribution in [2.24, 2.45) is 0 Å². The molecule has 4 aromatic rings. The molecule has 1 aliphatic rings. The molecule has 0 radical (unpaired) electrons. The number of aliphatic hydroxyl groups is 1. The lowest BCUT2D eigenvalue weighted by Crippen LogP contribution is -2.36. The molecule has 3 heterocycles. The van der Waals surface area contributed by atoms with E-state index in [-0.39, 0.29) is 12.2 Å². The number of hydrogen-bond acceptors (Lipinski definition) is 8. The van der Waals surface area contributed by atoms with Crippen LogP contribution in [0.5, 0.6) is 0 Å². The van der Waals surface area contributed by atoms with Crippen LogP contribution in [-0.4, -0.2) is 45.2 Å². The van der Waals surface area contributed by atoms with Crippen LogP contribution in [0.1, 0.15) is 17.8 Å². The maximum atomic E-state index is 12.9. The first-order valence-electron chi connectivity index (χ1n) is 10.2. The Hall–Kier alpha value is -3.65. The fourth-order valence-electron chi connectivity index (χ4n) is 3.83. The van der Waals surface area contributed by atoms with E-state index in [1.807, 2.05) is 43.3 Å². The number of rotatable bonds is 5. The minimum absolute atomic E-state index is 0.0608. The number of aromatic nitrogens is 4. The molecule has 1 fully saturated rings. The highest BCUT2D eigenvalue weighted by Crippen LogP contribution is 2.31. The Balaban J connectivity index is 1.56. The highest BCUT2D eigenvalue weighted by Gasteiger charge is 2.18. The summed E-state index contributed by atoms with van der Waals surface area (Å²) >= 11 is 0. The van der Waals surface area contributed by atoms with E-state index < -0.39 is 0 Å². The van der Waals surface area contributed by atoms with Crippen molar-refractivity contribution in [3.05, 3.63) is 64.3 Å². The first-order valence-corrected chi connectivity index (χ1v) is 10.2. The molecule has 8 nitrogen and oxygen atoms in total. The summed E-state index contributed by atoms with van der Waals surface area (Å²) in [7, 11) is 0. The number of hydrogen-bond donors (Lipinski definition) is 1. The van der Waals surface area contributed by atoms with Crippen LogP contribution in [-0.2, 0) is 6.42 Å². The topological polar surface area (TPSA) is 105 Å². The van der Waals surface area contributed by atoms with Crippen LogP contribution in [0, 0.1) is 6.92 Å². The third kappa shape index (κ3) is 3.55. The maximum Gasteiger partial charge on any atom is 0.344 e. The number of aliphatic hydroxyl groups excluding tert-OH is 1. The van der Waals surface area contributed by atoms with E-state index in [9.17, 15) is 4.79 Å². The largest absolute Gasteiger partial charge is 0.422 e. The van der Waals surface area contributed by atoms with Crippen LogP contribution in [0.4, 0.5) is 5.69 Å². The average Bonchev–Trinajstić information content (AvgIpc) is 2.73. The van der Waals surface area contributed by atoms with Crippen LogP contribution in [0.2, 0.25) is 0 Å². The molecule has 0 atom stereocenters. The second-order valence-corrected chi connectivity index (χ2v) is 7.60. The smallest absolute Gasteiger partial charge is 0.344 e. The third-order valence-electron chi connectivity index (χ3n) is 5.64. The Morgan fingerprint density at radius 3 is 2.52 bits per heavy atom. The van der Waals surface area contributed by atoms with Gasteiger partial charge in [-0.3, -0.25) is 0 Å². The zero-order chi connectivity index (χ0) is 21.4. The molecular weight excluding hydrogens is 394 g/mol. The molecule has 2 aromatic carbocycles. The molecule has 5 rings (SSSR count). The van der Waals surface area contributed by atoms with E-state index in [2.05, 4.69) is 31.4 Å². The highest BCUT2D eigenvalue weighted by molar-refractivity contribution is 5.89. The molecule has 1 saturated heterocycles. The fourth-order valence-corrected chi connectivity index (χ4v) is 3.83. The van der Waals surface area contributed by atoms with Gasteiger partial charge < -0.3 is 14.4 Å². The third-order valence-corrected chi connectivity index (χ3v) is 5.64. The summed E-state index contributed by atoms with van der Waals surface area (Å²) in [6.45, 7) is 3.95. The molecule has 0 amide bonds. The second-order valence-electron chi connectivity index (χ2n) is 7.60. The van der Waals surface area contributed by atoms with Crippen LogP contribution in [0.25, 0.3) is 33.5 Å². The predicted molar refractivity (Wildman–Crippen MR) is 117 cm³/mol. The first-order chi connectivity index (χ1) is 15.1. The molecule has 2 aromatic heterocycles. The minimum Gasteiger partial charge on any atom is -0.422 e. The molecule has 0 saturated carbocycles. The Morgan fingerprint density at radius 1 is 1.03 bits per heavy atom. The van der Waals surface area contributed by atoms with Gasteiger partial charge in [-0.05, 0) is 42.7 Å². The van der Waals surface area contributed by atoms with Crippen molar-refractivity contribution in [1.29, 1.82) is 0 Å². The quantitative estimate of drug-likeness (QED) is 0.496. The Kier molecular flexibility index (Phi) is 4.91. The zero-order valence-electron chi connectivity index (χ0n) is 17.1. The fraction of sp³-hybridized carbons (Fsp3) is 0.261. The monoisotopic (exact) mass is 415 g/mol. The summed E-state index contributed by atoms with van der Waals surface area (Å²) in [6, 6.07) is 13.4. The van der Waals surface area contributed by atoms with Crippen LogP contribution < -0.4 is 10.5 Å². The molecule has 0 bridgehead atoms. The summed E-state index contributed by atoms with van der Waals surface area (Å²) < 4.78 is 5.71. The molecule has 0 unspecified atom stereocenters. The first kappa shape index (κ1) is 19.3. The maximum absolute atomic E-state index is 12.9. The standard InChI is InChI=1S/C23H21N5O3/c1-14-18-7-6-17(28-9-3-10-28)13-19(18)31-23(30)21(14)15-4-2-5-16(12-15)22-26-24-20(8-11-29)25-27-22/h2,4-7,12-13,29H,3,8-11H2,1H3. The zero-order valence-corrected chi connectivity index (χ0v) is 17.1. The Bertz CT molecular complexity index is 1310. The number of benzene rings is 2. The molecule has 0 spiro atoms. The van der Waals surface area contributed by atoms with Gasteiger partial charge in [-0.1, -0.05) is 18.2 Å². The van der Waals surface area contributed by atoms with Crippen molar-refractivity contribution in [2.75, 3.05) is 24.6 Å². The van der Waals surface area contributed by atoms with Gasteiger partial charge in [0.25, 0.3) is 0 Å². The predicted octanol–water partition coefficient (Wildman–Crippen LogP) is 2.76. The van der Waals surface area contributed by atoms with E-state index in [0.29, 0.717) is 34.8 Å². The molecule has 0 aliphatic carbocycles. The van der Waals surface area contributed by atoms with E-state index in [1.54, 1.807) is 0 Å². The van der Waals surface area contributed by atoms with Gasteiger partial charge in [0.2, 0.25) is 5.82 Å². The van der Waals surface area contributed by atoms with Gasteiger partial charge in [-0.25, -0.2) is 4.79 Å². The van der Waals surface area contributed by atoms with E-state index in [4.69, 9.17) is 9.52 Å². The van der Waals surface area contributed by atoms with Crippen LogP contribution in [0.3, 0.4) is 0 Å². The van der Waals surface area contributed by atoms with Gasteiger partial charge in [-0.15, -0.1) is 20.4 Å². The molecule has 1 N–H and O–H groups in total. The summed E-state index contributed by atoms with van der Waals surface area (Å²) in [4.78, 5) is 15.2. The van der Waals surface area contributed by atoms with Crippen LogP contribution in [0.15, 0.2) is 51.7 Å². The van der Waals surface area contributed by atoms with Crippen molar-refractivity contribution in [2.45, 2.75) is 19.8 Å². The van der Waals surface area contributed by atoms with Crippen molar-refractivity contribution in [3.63, 3.8) is 0 Å². The van der Waals surface area contributed by atoms with Crippen LogP contribution >= 0.6 is 0 Å². The van der Waals surface area contributed by atoms with Crippen molar-refractivity contribution >= 4 is 16.7 Å². The number of anilines is 1. The minimum atomic E-state index is -0.377. The summed E-state index contributed by atoms with van der Waals surface area (Å²) in [5.74, 6) is 0.733. The second kappa shape index (κ2) is 7.88. The average molecular weight is 415 g/mol. The van der Waals surface area contributed by atoms with Gasteiger partial charge in [-0.2, -0.15) is 0 Å². The SMILES string of the molecule is Cc1c(-c2cccc(-c3nnc(CCO)nn3)c2)c(=O)oc2cc(N3CCC3)ccc12. The lowest BCUT2D eigenvalue weighted by molar-refractivity contribution is 0.295. The van der Waals surface area contributed by atoms with Crippen molar-refractivity contribution in [1.82, 2.24) is 20.4 Å². The Morgan fingerprint density at radius 2 is 1.81 bits per heavy atom. The summed E-state index contributed by atoms with van der Waals surface area (Å²) in [5, 5.41) is 26.1. The highest BCUT2D eigenvalue weighted by atomic mass is 16.4. The van der Waals surface area contributed by atoms with E-state index in [1.165, 1.54) is 6.42 Å². The lowest BCUT2D eigenvalue weighted by Gasteiger charge is -2.33. The van der Waals surface area contributed by atoms with E-state index >= 15 is 0 Å². The molecule has 156 valence electrons. The van der Waals surface area contributed by atoms with Crippen molar-refractivity contribution in [3.8, 4) is 22.5 Å². The van der Waals surface area contributed by atoms with Gasteiger partial charge in [0.05, 0.1) is 12.2 Å². The van der Waals surface area contributed by atoms with Gasteiger partial charge in [0, 0.05) is 42.2 Å². The van der Waals surface area contributed by atoms with Crippen molar-refractivity contribution < 1.29 is 9.52 Å². The summed E-state index contributed by atoms with van der Waals surface area (Å²) in [6.07, 6.45) is 1.49. The summed E-state index contributed by atoms with van der Waals surface area (Å²) in [5.41, 5.74) is 4.11.